The van der Waals surface area contributed by atoms with E-state index in [0.717, 1.165) is 19.3 Å². The van der Waals surface area contributed by atoms with Gasteiger partial charge in [-0.05, 0) is 46.2 Å². The van der Waals surface area contributed by atoms with Crippen molar-refractivity contribution in [3.63, 3.8) is 0 Å². The first-order valence-corrected chi connectivity index (χ1v) is 9.95. The van der Waals surface area contributed by atoms with Crippen LogP contribution in [0.1, 0.15) is 43.5 Å². The summed E-state index contributed by atoms with van der Waals surface area (Å²) in [6, 6.07) is 3.97. The molecule has 5 atom stereocenters. The van der Waals surface area contributed by atoms with Crippen molar-refractivity contribution in [3.05, 3.63) is 22.7 Å². The van der Waals surface area contributed by atoms with E-state index in [1.54, 1.807) is 26.2 Å². The molecule has 3 N–H and O–H groups in total. The molecule has 1 amide bonds. The number of benzene rings is 1. The standard InChI is InChI=1S/C21H28ClN3O3.ClH/c1-5-6-12(2)28-19-11-17(23)16(22)10-15(19)21(26)24-13-7-14-9-20(27-4)18(8-13)25(14)3;/h10-14,18,20H,7-9,23H2,1-4H3,(H,24,26);1H/t12-,13+,14?,18?,20+;/m0./s1. The molecule has 3 rings (SSSR count). The van der Waals surface area contributed by atoms with Crippen LogP contribution in [0, 0.1) is 11.8 Å². The SMILES string of the molecule is CC#C[C@H](C)Oc1cc(N)c(Cl)cc1C(=O)N[C@@H]1CC2C[C@@H](OC)C(C1)N2C.Cl. The lowest BCUT2D eigenvalue weighted by molar-refractivity contribution is 0.0523. The average molecular weight is 442 g/mol. The zero-order valence-electron chi connectivity index (χ0n) is 17.2. The zero-order valence-corrected chi connectivity index (χ0v) is 18.8. The van der Waals surface area contributed by atoms with Gasteiger partial charge in [0.25, 0.3) is 5.91 Å². The molecule has 1 aromatic rings. The number of nitrogens with two attached hydrogens (primary N) is 1. The number of amides is 1. The van der Waals surface area contributed by atoms with Gasteiger partial charge in [-0.3, -0.25) is 9.69 Å². The molecule has 2 unspecified atom stereocenters. The maximum Gasteiger partial charge on any atom is 0.255 e. The van der Waals surface area contributed by atoms with Gasteiger partial charge in [0, 0.05) is 31.3 Å². The molecule has 0 aromatic heterocycles. The van der Waals surface area contributed by atoms with Gasteiger partial charge in [-0.15, -0.1) is 18.3 Å². The van der Waals surface area contributed by atoms with E-state index in [4.69, 9.17) is 26.8 Å². The van der Waals surface area contributed by atoms with Crippen LogP contribution < -0.4 is 15.8 Å². The molecule has 2 aliphatic heterocycles. The first-order valence-electron chi connectivity index (χ1n) is 9.57. The molecule has 29 heavy (non-hydrogen) atoms. The Morgan fingerprint density at radius 2 is 2.10 bits per heavy atom. The summed E-state index contributed by atoms with van der Waals surface area (Å²) in [5.41, 5.74) is 6.65. The Morgan fingerprint density at radius 3 is 2.76 bits per heavy atom. The van der Waals surface area contributed by atoms with Gasteiger partial charge < -0.3 is 20.5 Å². The minimum absolute atomic E-state index is 0. The number of methoxy groups -OCH3 is 1. The number of anilines is 1. The molecular weight excluding hydrogens is 413 g/mol. The Bertz CT molecular complexity index is 808. The van der Waals surface area contributed by atoms with Crippen molar-refractivity contribution in [3.8, 4) is 17.6 Å². The maximum absolute atomic E-state index is 13.0. The Hall–Kier alpha value is -1.65. The molecule has 2 aliphatic rings. The van der Waals surface area contributed by atoms with Gasteiger partial charge in [0.1, 0.15) is 5.75 Å². The minimum Gasteiger partial charge on any atom is -0.477 e. The number of nitrogens with zero attached hydrogens (tertiary/aromatic N) is 1. The minimum atomic E-state index is -0.362. The number of fused-ring (bicyclic) bond motifs is 2. The number of carbonyl (C=O) groups is 1. The van der Waals surface area contributed by atoms with Crippen LogP contribution in [0.25, 0.3) is 0 Å². The molecule has 2 heterocycles. The van der Waals surface area contributed by atoms with Gasteiger partial charge in [-0.2, -0.15) is 0 Å². The average Bonchev–Trinajstić information content (AvgIpc) is 2.82. The lowest BCUT2D eigenvalue weighted by Crippen LogP contribution is -2.50. The summed E-state index contributed by atoms with van der Waals surface area (Å²) < 4.78 is 11.5. The summed E-state index contributed by atoms with van der Waals surface area (Å²) in [5, 5.41) is 3.49. The van der Waals surface area contributed by atoms with Gasteiger partial charge >= 0.3 is 0 Å². The van der Waals surface area contributed by atoms with Gasteiger partial charge in [0.15, 0.2) is 6.10 Å². The first kappa shape index (κ1) is 23.6. The van der Waals surface area contributed by atoms with Crippen LogP contribution >= 0.6 is 24.0 Å². The number of rotatable bonds is 5. The number of carbonyl (C=O) groups excluding carboxylic acids is 1. The van der Waals surface area contributed by atoms with E-state index in [1.165, 1.54) is 0 Å². The summed E-state index contributed by atoms with van der Waals surface area (Å²) in [7, 11) is 3.89. The predicted molar refractivity (Wildman–Crippen MR) is 118 cm³/mol. The fraction of sp³-hybridized carbons (Fsp3) is 0.571. The topological polar surface area (TPSA) is 76.8 Å². The van der Waals surface area contributed by atoms with E-state index in [-0.39, 0.29) is 36.6 Å². The zero-order chi connectivity index (χ0) is 20.4. The third-order valence-electron chi connectivity index (χ3n) is 5.75. The molecule has 2 saturated heterocycles. The Morgan fingerprint density at radius 1 is 1.38 bits per heavy atom. The van der Waals surface area contributed by atoms with Crippen molar-refractivity contribution in [1.29, 1.82) is 0 Å². The lowest BCUT2D eigenvalue weighted by Gasteiger charge is -2.37. The van der Waals surface area contributed by atoms with Crippen molar-refractivity contribution >= 4 is 35.6 Å². The van der Waals surface area contributed by atoms with E-state index in [0.29, 0.717) is 34.1 Å². The number of halogens is 2. The monoisotopic (exact) mass is 441 g/mol. The quantitative estimate of drug-likeness (QED) is 0.542. The van der Waals surface area contributed by atoms with Crippen LogP contribution in [0.15, 0.2) is 12.1 Å². The molecule has 0 aliphatic carbocycles. The van der Waals surface area contributed by atoms with Crippen LogP contribution in [-0.2, 0) is 4.74 Å². The number of nitrogens with one attached hydrogen (secondary N) is 1. The molecule has 0 spiro atoms. The normalized spacial score (nSPS) is 26.7. The third kappa shape index (κ3) is 5.10. The molecular formula is C21H29Cl2N3O3. The largest absolute Gasteiger partial charge is 0.477 e. The van der Waals surface area contributed by atoms with Gasteiger partial charge in [0.2, 0.25) is 0 Å². The maximum atomic E-state index is 13.0. The predicted octanol–water partition coefficient (Wildman–Crippen LogP) is 3.11. The molecule has 2 fully saturated rings. The highest BCUT2D eigenvalue weighted by atomic mass is 35.5. The molecule has 6 nitrogen and oxygen atoms in total. The van der Waals surface area contributed by atoms with E-state index in [1.807, 2.05) is 6.92 Å². The molecule has 2 bridgehead atoms. The fourth-order valence-electron chi connectivity index (χ4n) is 4.32. The number of ether oxygens (including phenoxy) is 2. The van der Waals surface area contributed by atoms with E-state index >= 15 is 0 Å². The van der Waals surface area contributed by atoms with Crippen LogP contribution in [0.5, 0.6) is 5.75 Å². The van der Waals surface area contributed by atoms with Crippen LogP contribution in [0.4, 0.5) is 5.69 Å². The summed E-state index contributed by atoms with van der Waals surface area (Å²) in [6.45, 7) is 3.56. The molecule has 160 valence electrons. The molecule has 8 heteroatoms. The Labute approximate surface area is 183 Å². The van der Waals surface area contributed by atoms with Crippen LogP contribution in [-0.4, -0.2) is 55.3 Å². The number of piperidine rings is 1. The smallest absolute Gasteiger partial charge is 0.255 e. The summed E-state index contributed by atoms with van der Waals surface area (Å²) in [4.78, 5) is 15.4. The van der Waals surface area contributed by atoms with Gasteiger partial charge in [-0.25, -0.2) is 0 Å². The number of likely N-dealkylation sites (N-methyl/N-ethyl adjacent to an activating group) is 1. The fourth-order valence-corrected chi connectivity index (χ4v) is 4.49. The van der Waals surface area contributed by atoms with E-state index in [2.05, 4.69) is 29.1 Å². The van der Waals surface area contributed by atoms with E-state index in [9.17, 15) is 4.79 Å². The highest BCUT2D eigenvalue weighted by molar-refractivity contribution is 6.33. The first-order chi connectivity index (χ1) is 13.3. The highest BCUT2D eigenvalue weighted by Crippen LogP contribution is 2.36. The Kier molecular flexibility index (Phi) is 8.07. The molecule has 0 radical (unpaired) electrons. The molecule has 1 aromatic carbocycles. The van der Waals surface area contributed by atoms with E-state index < -0.39 is 0 Å². The summed E-state index contributed by atoms with van der Waals surface area (Å²) in [6.07, 6.45) is 2.61. The van der Waals surface area contributed by atoms with Crippen LogP contribution in [0.3, 0.4) is 0 Å². The van der Waals surface area contributed by atoms with Crippen molar-refractivity contribution < 1.29 is 14.3 Å². The van der Waals surface area contributed by atoms with Gasteiger partial charge in [-0.1, -0.05) is 17.5 Å². The second kappa shape index (κ2) is 9.90. The number of hydrogen-bond donors (Lipinski definition) is 2. The third-order valence-corrected chi connectivity index (χ3v) is 6.08. The second-order valence-electron chi connectivity index (χ2n) is 7.56. The van der Waals surface area contributed by atoms with Crippen molar-refractivity contribution in [1.82, 2.24) is 10.2 Å². The summed E-state index contributed by atoms with van der Waals surface area (Å²) in [5.74, 6) is 5.90. The summed E-state index contributed by atoms with van der Waals surface area (Å²) >= 11 is 6.17. The highest BCUT2D eigenvalue weighted by Gasteiger charge is 2.45. The van der Waals surface area contributed by atoms with Gasteiger partial charge in [0.05, 0.1) is 22.4 Å². The van der Waals surface area contributed by atoms with Crippen molar-refractivity contribution in [2.24, 2.45) is 0 Å². The second-order valence-corrected chi connectivity index (χ2v) is 7.97. The number of nitrogen functional groups attached to an aromatic ring is 1. The Balaban J connectivity index is 0.00000300. The number of hydrogen-bond acceptors (Lipinski definition) is 5. The molecule has 0 saturated carbocycles. The van der Waals surface area contributed by atoms with Crippen molar-refractivity contribution in [2.45, 2.75) is 63.4 Å². The van der Waals surface area contributed by atoms with Crippen molar-refractivity contribution in [2.75, 3.05) is 19.9 Å². The lowest BCUT2D eigenvalue weighted by atomic mass is 9.97. The van der Waals surface area contributed by atoms with Crippen LogP contribution in [0.2, 0.25) is 5.02 Å².